The first-order chi connectivity index (χ1) is 12.6. The van der Waals surface area contributed by atoms with Crippen molar-refractivity contribution in [2.45, 2.75) is 25.8 Å². The van der Waals surface area contributed by atoms with Gasteiger partial charge in [0.15, 0.2) is 5.65 Å². The fraction of sp³-hybridized carbons (Fsp3) is 0.316. The summed E-state index contributed by atoms with van der Waals surface area (Å²) in [5.74, 6) is -0.319. The van der Waals surface area contributed by atoms with Crippen LogP contribution in [-0.4, -0.2) is 38.6 Å². The molecule has 26 heavy (non-hydrogen) atoms. The number of carbonyl (C=O) groups is 1. The topological polar surface area (TPSA) is 63.1 Å². The fourth-order valence-corrected chi connectivity index (χ4v) is 3.35. The van der Waals surface area contributed by atoms with Gasteiger partial charge in [0.1, 0.15) is 11.3 Å². The Kier molecular flexibility index (Phi) is 4.28. The molecule has 3 aromatic rings. The van der Waals surface area contributed by atoms with Gasteiger partial charge in [-0.3, -0.25) is 0 Å². The van der Waals surface area contributed by atoms with Gasteiger partial charge in [-0.25, -0.2) is 19.2 Å². The first-order valence-corrected chi connectivity index (χ1v) is 8.71. The van der Waals surface area contributed by atoms with Crippen molar-refractivity contribution < 1.29 is 9.18 Å². The normalized spacial score (nSPS) is 15.4. The zero-order valence-electron chi connectivity index (χ0n) is 14.5. The molecular weight excluding hydrogens is 333 g/mol. The maximum absolute atomic E-state index is 13.6. The summed E-state index contributed by atoms with van der Waals surface area (Å²) in [5, 5.41) is 2.77. The fourth-order valence-electron chi connectivity index (χ4n) is 3.35. The molecular formula is C19H20FN5O. The summed E-state index contributed by atoms with van der Waals surface area (Å²) < 4.78 is 15.7. The van der Waals surface area contributed by atoms with Crippen molar-refractivity contribution in [3.63, 3.8) is 0 Å². The number of fused-ring (bicyclic) bond motifs is 1. The summed E-state index contributed by atoms with van der Waals surface area (Å²) >= 11 is 0. The predicted molar refractivity (Wildman–Crippen MR) is 97.5 cm³/mol. The quantitative estimate of drug-likeness (QED) is 0.763. The highest BCUT2D eigenvalue weighted by molar-refractivity contribution is 5.89. The number of hydrogen-bond donors (Lipinski definition) is 1. The van der Waals surface area contributed by atoms with Crippen LogP contribution in [-0.2, 0) is 0 Å². The number of halogens is 1. The van der Waals surface area contributed by atoms with Crippen LogP contribution in [0.2, 0.25) is 0 Å². The smallest absolute Gasteiger partial charge is 0.321 e. The maximum atomic E-state index is 13.6. The van der Waals surface area contributed by atoms with Crippen LogP contribution in [0.15, 0.2) is 42.9 Å². The van der Waals surface area contributed by atoms with Crippen molar-refractivity contribution >= 4 is 22.9 Å². The van der Waals surface area contributed by atoms with E-state index in [4.69, 9.17) is 0 Å². The summed E-state index contributed by atoms with van der Waals surface area (Å²) in [4.78, 5) is 23.0. The standard InChI is InChI=1S/C19H20FN5O/c1-13-4-5-14(11-16(13)20)23-19(26)24-9-6-15(7-10-24)25-12-22-17-3-2-8-21-18(17)25/h2-5,8,11-12,15H,6-7,9-10H2,1H3,(H,23,26). The Morgan fingerprint density at radius 3 is 2.81 bits per heavy atom. The average molecular weight is 353 g/mol. The van der Waals surface area contributed by atoms with E-state index in [1.165, 1.54) is 6.07 Å². The zero-order valence-corrected chi connectivity index (χ0v) is 14.5. The second-order valence-corrected chi connectivity index (χ2v) is 6.61. The van der Waals surface area contributed by atoms with E-state index in [9.17, 15) is 9.18 Å². The first-order valence-electron chi connectivity index (χ1n) is 8.71. The highest BCUT2D eigenvalue weighted by atomic mass is 19.1. The maximum Gasteiger partial charge on any atom is 0.321 e. The molecule has 1 N–H and O–H groups in total. The van der Waals surface area contributed by atoms with Gasteiger partial charge < -0.3 is 14.8 Å². The molecule has 0 bridgehead atoms. The first kappa shape index (κ1) is 16.5. The number of carbonyl (C=O) groups excluding carboxylic acids is 1. The van der Waals surface area contributed by atoms with Gasteiger partial charge in [0.05, 0.1) is 6.33 Å². The molecule has 2 amide bonds. The number of benzene rings is 1. The van der Waals surface area contributed by atoms with Gasteiger partial charge in [0.25, 0.3) is 0 Å². The van der Waals surface area contributed by atoms with Crippen LogP contribution < -0.4 is 5.32 Å². The average Bonchev–Trinajstić information content (AvgIpc) is 3.09. The van der Waals surface area contributed by atoms with E-state index in [1.807, 2.05) is 18.5 Å². The van der Waals surface area contributed by atoms with Crippen LogP contribution in [0.3, 0.4) is 0 Å². The number of imidazole rings is 1. The molecule has 134 valence electrons. The van der Waals surface area contributed by atoms with Crippen molar-refractivity contribution in [1.29, 1.82) is 0 Å². The van der Waals surface area contributed by atoms with Gasteiger partial charge >= 0.3 is 6.03 Å². The Labute approximate surface area is 150 Å². The number of anilines is 1. The lowest BCUT2D eigenvalue weighted by Crippen LogP contribution is -2.41. The molecule has 0 atom stereocenters. The molecule has 1 aromatic carbocycles. The van der Waals surface area contributed by atoms with E-state index in [0.29, 0.717) is 24.3 Å². The second-order valence-electron chi connectivity index (χ2n) is 6.61. The van der Waals surface area contributed by atoms with Crippen LogP contribution >= 0.6 is 0 Å². The molecule has 1 aliphatic rings. The van der Waals surface area contributed by atoms with Crippen molar-refractivity contribution in [1.82, 2.24) is 19.4 Å². The highest BCUT2D eigenvalue weighted by Gasteiger charge is 2.25. The lowest BCUT2D eigenvalue weighted by molar-refractivity contribution is 0.184. The summed E-state index contributed by atoms with van der Waals surface area (Å²) in [6.07, 6.45) is 5.26. The Bertz CT molecular complexity index is 946. The van der Waals surface area contributed by atoms with Gasteiger partial charge in [0.2, 0.25) is 0 Å². The molecule has 3 heterocycles. The molecule has 0 radical (unpaired) electrons. The van der Waals surface area contributed by atoms with E-state index in [-0.39, 0.29) is 17.9 Å². The summed E-state index contributed by atoms with van der Waals surface area (Å²) in [5.41, 5.74) is 2.80. The van der Waals surface area contributed by atoms with E-state index < -0.39 is 0 Å². The van der Waals surface area contributed by atoms with Gasteiger partial charge in [0, 0.05) is 31.0 Å². The summed E-state index contributed by atoms with van der Waals surface area (Å²) in [6, 6.07) is 8.63. The Balaban J connectivity index is 1.40. The SMILES string of the molecule is Cc1ccc(NC(=O)N2CCC(n3cnc4cccnc43)CC2)cc1F. The summed E-state index contributed by atoms with van der Waals surface area (Å²) in [6.45, 7) is 2.97. The highest BCUT2D eigenvalue weighted by Crippen LogP contribution is 2.26. The third kappa shape index (κ3) is 3.12. The Hall–Kier alpha value is -2.96. The van der Waals surface area contributed by atoms with E-state index in [0.717, 1.165) is 24.0 Å². The predicted octanol–water partition coefficient (Wildman–Crippen LogP) is 3.75. The minimum absolute atomic E-state index is 0.194. The van der Waals surface area contributed by atoms with Gasteiger partial charge in [-0.1, -0.05) is 6.07 Å². The molecule has 0 saturated carbocycles. The second kappa shape index (κ2) is 6.74. The van der Waals surface area contributed by atoms with Crippen molar-refractivity contribution in [2.75, 3.05) is 18.4 Å². The number of rotatable bonds is 2. The minimum Gasteiger partial charge on any atom is -0.324 e. The van der Waals surface area contributed by atoms with E-state index in [2.05, 4.69) is 19.9 Å². The van der Waals surface area contributed by atoms with E-state index in [1.54, 1.807) is 30.2 Å². The van der Waals surface area contributed by atoms with Gasteiger partial charge in [-0.15, -0.1) is 0 Å². The summed E-state index contributed by atoms with van der Waals surface area (Å²) in [7, 11) is 0. The number of amides is 2. The molecule has 0 unspecified atom stereocenters. The van der Waals surface area contributed by atoms with Crippen molar-refractivity contribution in [3.8, 4) is 0 Å². The third-order valence-electron chi connectivity index (χ3n) is 4.90. The molecule has 1 saturated heterocycles. The van der Waals surface area contributed by atoms with E-state index >= 15 is 0 Å². The lowest BCUT2D eigenvalue weighted by Gasteiger charge is -2.32. The molecule has 1 fully saturated rings. The Morgan fingerprint density at radius 1 is 1.23 bits per heavy atom. The molecule has 6 nitrogen and oxygen atoms in total. The van der Waals surface area contributed by atoms with Crippen LogP contribution in [0.4, 0.5) is 14.9 Å². The minimum atomic E-state index is -0.319. The van der Waals surface area contributed by atoms with Gasteiger partial charge in [-0.2, -0.15) is 0 Å². The molecule has 7 heteroatoms. The number of nitrogens with zero attached hydrogens (tertiary/aromatic N) is 4. The van der Waals surface area contributed by atoms with Crippen molar-refractivity contribution in [2.24, 2.45) is 0 Å². The number of pyridine rings is 1. The number of nitrogens with one attached hydrogen (secondary N) is 1. The largest absolute Gasteiger partial charge is 0.324 e. The number of piperidine rings is 1. The third-order valence-corrected chi connectivity index (χ3v) is 4.90. The number of aromatic nitrogens is 3. The number of aryl methyl sites for hydroxylation is 1. The number of urea groups is 1. The number of hydrogen-bond acceptors (Lipinski definition) is 3. The van der Waals surface area contributed by atoms with Crippen LogP contribution in [0.5, 0.6) is 0 Å². The zero-order chi connectivity index (χ0) is 18.1. The lowest BCUT2D eigenvalue weighted by atomic mass is 10.1. The van der Waals surface area contributed by atoms with Gasteiger partial charge in [-0.05, 0) is 49.6 Å². The molecule has 1 aliphatic heterocycles. The molecule has 0 aliphatic carbocycles. The van der Waals surface area contributed by atoms with Crippen molar-refractivity contribution in [3.05, 3.63) is 54.2 Å². The molecule has 2 aromatic heterocycles. The van der Waals surface area contributed by atoms with Crippen LogP contribution in [0, 0.1) is 12.7 Å². The molecule has 4 rings (SSSR count). The molecule has 0 spiro atoms. The van der Waals surface area contributed by atoms with Crippen LogP contribution in [0.25, 0.3) is 11.2 Å². The number of likely N-dealkylation sites (tertiary alicyclic amines) is 1. The Morgan fingerprint density at radius 2 is 2.04 bits per heavy atom. The monoisotopic (exact) mass is 353 g/mol. The van der Waals surface area contributed by atoms with Crippen LogP contribution in [0.1, 0.15) is 24.4 Å².